The Morgan fingerprint density at radius 3 is 2.76 bits per heavy atom. The Morgan fingerprint density at radius 2 is 2.12 bits per heavy atom. The molecule has 2 aliphatic rings. The molecule has 1 amide bonds. The number of amides is 1. The number of thioether (sulfide) groups is 2. The minimum absolute atomic E-state index is 0.0255. The molecule has 3 rings (SSSR count). The van der Waals surface area contributed by atoms with Crippen LogP contribution in [-0.4, -0.2) is 60.5 Å². The fraction of sp³-hybridized carbons (Fsp3) is 0.556. The van der Waals surface area contributed by atoms with Gasteiger partial charge in [0.15, 0.2) is 11.5 Å². The third-order valence-electron chi connectivity index (χ3n) is 4.54. The van der Waals surface area contributed by atoms with Gasteiger partial charge in [0.25, 0.3) is 5.91 Å². The molecule has 1 aromatic rings. The smallest absolute Gasteiger partial charge is 0.257 e. The Hall–Kier alpha value is -1.34. The summed E-state index contributed by atoms with van der Waals surface area (Å²) < 4.78 is 11.9. The van der Waals surface area contributed by atoms with E-state index in [9.17, 15) is 4.79 Å². The maximum absolute atomic E-state index is 12.9. The molecule has 0 aliphatic carbocycles. The zero-order chi connectivity index (χ0) is 17.6. The number of hydrogen-bond donors (Lipinski definition) is 0. The van der Waals surface area contributed by atoms with Crippen LogP contribution in [0.25, 0.3) is 0 Å². The van der Waals surface area contributed by atoms with Gasteiger partial charge in [0.05, 0.1) is 26.3 Å². The second-order valence-electron chi connectivity index (χ2n) is 6.08. The standard InChI is InChI=1S/C18H24N2O3S2/c1-22-15-5-3-4-14(16(15)23-2)17(21)20-9-6-13(7-10-20)12-25-18-19-8-11-24-18/h3-5,13H,6-12H2,1-2H3. The third kappa shape index (κ3) is 4.44. The van der Waals surface area contributed by atoms with Crippen molar-refractivity contribution in [2.75, 3.05) is 45.4 Å². The van der Waals surface area contributed by atoms with Crippen molar-refractivity contribution in [3.8, 4) is 11.5 Å². The van der Waals surface area contributed by atoms with Crippen LogP contribution >= 0.6 is 23.5 Å². The van der Waals surface area contributed by atoms with Gasteiger partial charge in [0, 0.05) is 24.6 Å². The fourth-order valence-electron chi connectivity index (χ4n) is 3.12. The summed E-state index contributed by atoms with van der Waals surface area (Å²) in [5.74, 6) is 4.02. The summed E-state index contributed by atoms with van der Waals surface area (Å²) >= 11 is 3.74. The number of nitrogens with zero attached hydrogens (tertiary/aromatic N) is 2. The van der Waals surface area contributed by atoms with Crippen LogP contribution in [0, 0.1) is 5.92 Å². The van der Waals surface area contributed by atoms with E-state index in [2.05, 4.69) is 4.99 Å². The van der Waals surface area contributed by atoms with E-state index in [1.54, 1.807) is 20.3 Å². The highest BCUT2D eigenvalue weighted by Crippen LogP contribution is 2.33. The van der Waals surface area contributed by atoms with Crippen molar-refractivity contribution in [1.29, 1.82) is 0 Å². The van der Waals surface area contributed by atoms with Crippen molar-refractivity contribution in [2.45, 2.75) is 12.8 Å². The highest BCUT2D eigenvalue weighted by atomic mass is 32.2. The van der Waals surface area contributed by atoms with E-state index in [0.717, 1.165) is 44.0 Å². The van der Waals surface area contributed by atoms with Crippen LogP contribution < -0.4 is 9.47 Å². The van der Waals surface area contributed by atoms with Crippen molar-refractivity contribution in [3.05, 3.63) is 23.8 Å². The molecule has 0 atom stereocenters. The fourth-order valence-corrected chi connectivity index (χ4v) is 5.34. The van der Waals surface area contributed by atoms with Crippen molar-refractivity contribution in [2.24, 2.45) is 10.9 Å². The first-order valence-electron chi connectivity index (χ1n) is 8.53. The molecule has 0 unspecified atom stereocenters. The molecule has 5 nitrogen and oxygen atoms in total. The number of benzene rings is 1. The Labute approximate surface area is 157 Å². The minimum atomic E-state index is 0.0255. The molecule has 25 heavy (non-hydrogen) atoms. The highest BCUT2D eigenvalue weighted by Gasteiger charge is 2.27. The Kier molecular flexibility index (Phi) is 6.53. The summed E-state index contributed by atoms with van der Waals surface area (Å²) in [6.45, 7) is 2.55. The topological polar surface area (TPSA) is 51.1 Å². The molecule has 0 saturated carbocycles. The lowest BCUT2D eigenvalue weighted by Gasteiger charge is -2.32. The number of rotatable bonds is 5. The number of hydrogen-bond acceptors (Lipinski definition) is 6. The quantitative estimate of drug-likeness (QED) is 0.784. The lowest BCUT2D eigenvalue weighted by Crippen LogP contribution is -2.39. The van der Waals surface area contributed by atoms with E-state index < -0.39 is 0 Å². The van der Waals surface area contributed by atoms with E-state index in [1.165, 1.54) is 4.38 Å². The molecule has 2 aliphatic heterocycles. The molecule has 0 aromatic heterocycles. The zero-order valence-corrected chi connectivity index (χ0v) is 16.3. The van der Waals surface area contributed by atoms with Crippen LogP contribution in [0.3, 0.4) is 0 Å². The average molecular weight is 381 g/mol. The largest absolute Gasteiger partial charge is 0.493 e. The molecule has 136 valence electrons. The predicted molar refractivity (Wildman–Crippen MR) is 105 cm³/mol. The Morgan fingerprint density at radius 1 is 1.32 bits per heavy atom. The maximum Gasteiger partial charge on any atom is 0.257 e. The van der Waals surface area contributed by atoms with Gasteiger partial charge in [-0.15, -0.1) is 0 Å². The monoisotopic (exact) mass is 380 g/mol. The van der Waals surface area contributed by atoms with Crippen LogP contribution in [-0.2, 0) is 0 Å². The van der Waals surface area contributed by atoms with E-state index in [4.69, 9.17) is 9.47 Å². The van der Waals surface area contributed by atoms with Crippen molar-refractivity contribution >= 4 is 33.8 Å². The minimum Gasteiger partial charge on any atom is -0.493 e. The van der Waals surface area contributed by atoms with E-state index >= 15 is 0 Å². The van der Waals surface area contributed by atoms with Gasteiger partial charge < -0.3 is 14.4 Å². The number of piperidine rings is 1. The second-order valence-corrected chi connectivity index (χ2v) is 8.43. The van der Waals surface area contributed by atoms with E-state index in [-0.39, 0.29) is 5.91 Å². The molecular formula is C18H24N2O3S2. The molecule has 2 heterocycles. The molecule has 0 N–H and O–H groups in total. The number of methoxy groups -OCH3 is 2. The van der Waals surface area contributed by atoms with Crippen LogP contribution in [0.1, 0.15) is 23.2 Å². The first-order valence-corrected chi connectivity index (χ1v) is 10.5. The molecule has 1 saturated heterocycles. The van der Waals surface area contributed by atoms with Gasteiger partial charge in [-0.3, -0.25) is 9.79 Å². The van der Waals surface area contributed by atoms with Gasteiger partial charge in [-0.2, -0.15) is 0 Å². The average Bonchev–Trinajstić information content (AvgIpc) is 3.19. The Balaban J connectivity index is 1.56. The van der Waals surface area contributed by atoms with Gasteiger partial charge in [-0.25, -0.2) is 0 Å². The summed E-state index contributed by atoms with van der Waals surface area (Å²) in [5, 5.41) is 0. The van der Waals surface area contributed by atoms with Crippen molar-refractivity contribution < 1.29 is 14.3 Å². The highest BCUT2D eigenvalue weighted by molar-refractivity contribution is 8.39. The van der Waals surface area contributed by atoms with Gasteiger partial charge in [0.2, 0.25) is 0 Å². The van der Waals surface area contributed by atoms with Gasteiger partial charge in [-0.05, 0) is 30.9 Å². The normalized spacial score (nSPS) is 18.2. The van der Waals surface area contributed by atoms with Crippen LogP contribution in [0.2, 0.25) is 0 Å². The SMILES string of the molecule is COc1cccc(C(=O)N2CCC(CSC3=NCCS3)CC2)c1OC. The summed E-state index contributed by atoms with van der Waals surface area (Å²) in [6.07, 6.45) is 2.09. The molecule has 1 aromatic carbocycles. The van der Waals surface area contributed by atoms with Crippen molar-refractivity contribution in [3.63, 3.8) is 0 Å². The summed E-state index contributed by atoms with van der Waals surface area (Å²) in [5.41, 5.74) is 0.575. The van der Waals surface area contributed by atoms with Crippen molar-refractivity contribution in [1.82, 2.24) is 4.90 Å². The number of carbonyl (C=O) groups excluding carboxylic acids is 1. The zero-order valence-electron chi connectivity index (χ0n) is 14.7. The van der Waals surface area contributed by atoms with E-state index in [0.29, 0.717) is 23.0 Å². The summed E-state index contributed by atoms with van der Waals surface area (Å²) in [6, 6.07) is 5.45. The number of likely N-dealkylation sites (tertiary alicyclic amines) is 1. The predicted octanol–water partition coefficient (Wildman–Crippen LogP) is 3.39. The number of aliphatic imine (C=N–C) groups is 1. The van der Waals surface area contributed by atoms with Crippen LogP contribution in [0.4, 0.5) is 0 Å². The first kappa shape index (κ1) is 18.5. The van der Waals surface area contributed by atoms with E-state index in [1.807, 2.05) is 40.6 Å². The molecule has 7 heteroatoms. The number of para-hydroxylation sites is 1. The van der Waals surface area contributed by atoms with Gasteiger partial charge >= 0.3 is 0 Å². The first-order chi connectivity index (χ1) is 12.2. The van der Waals surface area contributed by atoms with Crippen LogP contribution in [0.15, 0.2) is 23.2 Å². The van der Waals surface area contributed by atoms with Gasteiger partial charge in [-0.1, -0.05) is 29.6 Å². The lowest BCUT2D eigenvalue weighted by molar-refractivity contribution is 0.0694. The maximum atomic E-state index is 12.9. The summed E-state index contributed by atoms with van der Waals surface area (Å²) in [7, 11) is 3.16. The Bertz CT molecular complexity index is 643. The molecular weight excluding hydrogens is 356 g/mol. The second kappa shape index (κ2) is 8.85. The lowest BCUT2D eigenvalue weighted by atomic mass is 9.98. The van der Waals surface area contributed by atoms with Gasteiger partial charge in [0.1, 0.15) is 4.38 Å². The molecule has 1 fully saturated rings. The summed E-state index contributed by atoms with van der Waals surface area (Å²) in [4.78, 5) is 19.3. The third-order valence-corrected chi connectivity index (χ3v) is 7.02. The van der Waals surface area contributed by atoms with Crippen LogP contribution in [0.5, 0.6) is 11.5 Å². The number of ether oxygens (including phenoxy) is 2. The molecule has 0 spiro atoms. The number of carbonyl (C=O) groups is 1. The molecule has 0 bridgehead atoms. The molecule has 0 radical (unpaired) electrons.